The zero-order valence-corrected chi connectivity index (χ0v) is 12.8. The van der Waals surface area contributed by atoms with Crippen LogP contribution in [-0.2, 0) is 10.0 Å². The van der Waals surface area contributed by atoms with Crippen LogP contribution in [0.5, 0.6) is 0 Å². The zero-order valence-electron chi connectivity index (χ0n) is 10.5. The van der Waals surface area contributed by atoms with Crippen LogP contribution in [0, 0.1) is 11.8 Å². The Labute approximate surface area is 128 Å². The van der Waals surface area contributed by atoms with Crippen molar-refractivity contribution in [3.63, 3.8) is 0 Å². The smallest absolute Gasteiger partial charge is 0.243 e. The van der Waals surface area contributed by atoms with Crippen molar-refractivity contribution in [2.45, 2.75) is 30.2 Å². The number of aliphatic hydroxyl groups excluding tert-OH is 1. The van der Waals surface area contributed by atoms with Crippen molar-refractivity contribution >= 4 is 33.2 Å². The van der Waals surface area contributed by atoms with Gasteiger partial charge in [-0.2, -0.15) is 0 Å². The third-order valence-corrected chi connectivity index (χ3v) is 5.45. The second-order valence-corrected chi connectivity index (χ2v) is 6.94. The number of hydrogen-bond acceptors (Lipinski definition) is 3. The molecule has 1 fully saturated rings. The van der Waals surface area contributed by atoms with E-state index in [0.29, 0.717) is 5.56 Å². The van der Waals surface area contributed by atoms with Crippen molar-refractivity contribution in [3.8, 4) is 11.8 Å². The van der Waals surface area contributed by atoms with E-state index in [2.05, 4.69) is 16.6 Å². The van der Waals surface area contributed by atoms with Crippen molar-refractivity contribution in [1.29, 1.82) is 0 Å². The minimum Gasteiger partial charge on any atom is -0.384 e. The number of benzene rings is 1. The Morgan fingerprint density at radius 1 is 1.30 bits per heavy atom. The minimum absolute atomic E-state index is 0.0200. The highest BCUT2D eigenvalue weighted by Crippen LogP contribution is 2.32. The Hall–Kier alpha value is -0.770. The molecular weight excluding hydrogens is 321 g/mol. The number of nitrogens with one attached hydrogen (secondary N) is 1. The molecule has 1 aliphatic carbocycles. The topological polar surface area (TPSA) is 66.4 Å². The highest BCUT2D eigenvalue weighted by Gasteiger charge is 2.28. The molecule has 0 aliphatic heterocycles. The summed E-state index contributed by atoms with van der Waals surface area (Å²) in [6.07, 6.45) is 2.67. The molecule has 0 unspecified atom stereocenters. The largest absolute Gasteiger partial charge is 0.384 e. The Bertz CT molecular complexity index is 650. The minimum atomic E-state index is -3.73. The van der Waals surface area contributed by atoms with Gasteiger partial charge in [0.05, 0.1) is 10.0 Å². The van der Waals surface area contributed by atoms with E-state index in [0.717, 1.165) is 19.3 Å². The predicted octanol–water partition coefficient (Wildman–Crippen LogP) is 2.17. The van der Waals surface area contributed by atoms with Crippen molar-refractivity contribution in [1.82, 2.24) is 4.72 Å². The fraction of sp³-hybridized carbons (Fsp3) is 0.385. The summed E-state index contributed by atoms with van der Waals surface area (Å²) in [6, 6.07) is 2.80. The molecule has 1 saturated carbocycles. The molecule has 0 bridgehead atoms. The summed E-state index contributed by atoms with van der Waals surface area (Å²) in [4.78, 5) is -0.123. The molecule has 0 spiro atoms. The van der Waals surface area contributed by atoms with Gasteiger partial charge in [0.25, 0.3) is 0 Å². The van der Waals surface area contributed by atoms with E-state index in [1.54, 1.807) is 0 Å². The van der Waals surface area contributed by atoms with E-state index in [1.807, 2.05) is 0 Å². The molecule has 1 aliphatic rings. The van der Waals surface area contributed by atoms with Crippen LogP contribution >= 0.6 is 23.2 Å². The Kier molecular flexibility index (Phi) is 4.95. The maximum absolute atomic E-state index is 12.2. The maximum Gasteiger partial charge on any atom is 0.243 e. The first-order valence-electron chi connectivity index (χ1n) is 6.05. The van der Waals surface area contributed by atoms with Gasteiger partial charge in [0.15, 0.2) is 0 Å². The second-order valence-electron chi connectivity index (χ2n) is 4.48. The summed E-state index contributed by atoms with van der Waals surface area (Å²) in [5.41, 5.74) is 0.455. The van der Waals surface area contributed by atoms with E-state index < -0.39 is 10.0 Å². The summed E-state index contributed by atoms with van der Waals surface area (Å²) in [5.74, 6) is 5.08. The molecule has 2 N–H and O–H groups in total. The lowest BCUT2D eigenvalue weighted by Gasteiger charge is -2.26. The van der Waals surface area contributed by atoms with Gasteiger partial charge in [-0.25, -0.2) is 13.1 Å². The zero-order chi connectivity index (χ0) is 14.8. The van der Waals surface area contributed by atoms with Crippen LogP contribution in [0.4, 0.5) is 0 Å². The fourth-order valence-corrected chi connectivity index (χ4v) is 4.35. The van der Waals surface area contributed by atoms with Crippen molar-refractivity contribution in [3.05, 3.63) is 27.7 Å². The first-order chi connectivity index (χ1) is 9.44. The number of hydrogen-bond donors (Lipinski definition) is 2. The van der Waals surface area contributed by atoms with Crippen molar-refractivity contribution in [2.75, 3.05) is 6.61 Å². The molecule has 0 heterocycles. The van der Waals surface area contributed by atoms with Gasteiger partial charge in [-0.3, -0.25) is 0 Å². The molecule has 1 aromatic rings. The molecule has 20 heavy (non-hydrogen) atoms. The normalized spacial score (nSPS) is 15.3. The monoisotopic (exact) mass is 333 g/mol. The lowest BCUT2D eigenvalue weighted by atomic mass is 9.94. The highest BCUT2D eigenvalue weighted by molar-refractivity contribution is 7.89. The molecule has 0 aromatic heterocycles. The molecule has 4 nitrogen and oxygen atoms in total. The average molecular weight is 334 g/mol. The van der Waals surface area contributed by atoms with E-state index >= 15 is 0 Å². The lowest BCUT2D eigenvalue weighted by molar-refractivity contribution is 0.350. The van der Waals surface area contributed by atoms with Crippen LogP contribution in [0.15, 0.2) is 17.0 Å². The molecular formula is C13H13Cl2NO3S. The molecule has 0 amide bonds. The summed E-state index contributed by atoms with van der Waals surface area (Å²) >= 11 is 12.0. The van der Waals surface area contributed by atoms with E-state index in [1.165, 1.54) is 12.1 Å². The van der Waals surface area contributed by atoms with Crippen LogP contribution in [0.1, 0.15) is 24.8 Å². The lowest BCUT2D eigenvalue weighted by Crippen LogP contribution is -2.39. The van der Waals surface area contributed by atoms with Crippen LogP contribution in [-0.4, -0.2) is 26.2 Å². The van der Waals surface area contributed by atoms with Gasteiger partial charge in [-0.1, -0.05) is 41.5 Å². The van der Waals surface area contributed by atoms with Gasteiger partial charge in [-0.15, -0.1) is 0 Å². The fourth-order valence-electron chi connectivity index (χ4n) is 1.83. The standard InChI is InChI=1S/C13H13Cl2NO3S/c14-11-7-9(3-2-6-17)8-12(15)13(11)20(18,19)16-10-4-1-5-10/h7-8,10,16-17H,1,4-6H2. The van der Waals surface area contributed by atoms with Gasteiger partial charge >= 0.3 is 0 Å². The number of rotatable bonds is 3. The van der Waals surface area contributed by atoms with Crippen LogP contribution in [0.3, 0.4) is 0 Å². The Morgan fingerprint density at radius 2 is 1.90 bits per heavy atom. The van der Waals surface area contributed by atoms with Gasteiger partial charge < -0.3 is 5.11 Å². The average Bonchev–Trinajstić information content (AvgIpc) is 2.30. The molecule has 7 heteroatoms. The van der Waals surface area contributed by atoms with E-state index in [9.17, 15) is 8.42 Å². The number of sulfonamides is 1. The number of halogens is 2. The maximum atomic E-state index is 12.2. The van der Waals surface area contributed by atoms with Crippen molar-refractivity contribution in [2.24, 2.45) is 0 Å². The summed E-state index contributed by atoms with van der Waals surface area (Å²) in [5, 5.41) is 8.68. The van der Waals surface area contributed by atoms with Gasteiger partial charge in [-0.05, 0) is 25.0 Å². The number of aliphatic hydroxyl groups is 1. The highest BCUT2D eigenvalue weighted by atomic mass is 35.5. The van der Waals surface area contributed by atoms with Crippen LogP contribution in [0.25, 0.3) is 0 Å². The van der Waals surface area contributed by atoms with Gasteiger partial charge in [0.1, 0.15) is 11.5 Å². The van der Waals surface area contributed by atoms with Crippen LogP contribution in [0.2, 0.25) is 10.0 Å². The summed E-state index contributed by atoms with van der Waals surface area (Å²) in [7, 11) is -3.73. The third kappa shape index (κ3) is 3.46. The Morgan fingerprint density at radius 3 is 2.35 bits per heavy atom. The van der Waals surface area contributed by atoms with E-state index in [4.69, 9.17) is 28.3 Å². The molecule has 2 rings (SSSR count). The second kappa shape index (κ2) is 6.33. The molecule has 0 radical (unpaired) electrons. The first kappa shape index (κ1) is 15.6. The predicted molar refractivity (Wildman–Crippen MR) is 78.4 cm³/mol. The Balaban J connectivity index is 2.36. The third-order valence-electron chi connectivity index (χ3n) is 3.01. The summed E-state index contributed by atoms with van der Waals surface area (Å²) < 4.78 is 27.1. The molecule has 0 atom stereocenters. The molecule has 108 valence electrons. The van der Waals surface area contributed by atoms with Crippen LogP contribution < -0.4 is 4.72 Å². The quantitative estimate of drug-likeness (QED) is 0.833. The first-order valence-corrected chi connectivity index (χ1v) is 8.29. The summed E-state index contributed by atoms with van der Waals surface area (Å²) in [6.45, 7) is -0.293. The van der Waals surface area contributed by atoms with E-state index in [-0.39, 0.29) is 27.6 Å². The molecule has 0 saturated heterocycles. The van der Waals surface area contributed by atoms with Gasteiger partial charge in [0, 0.05) is 11.6 Å². The van der Waals surface area contributed by atoms with Gasteiger partial charge in [0.2, 0.25) is 10.0 Å². The SMILES string of the molecule is O=S(=O)(NC1CCC1)c1c(Cl)cc(C#CCO)cc1Cl. The van der Waals surface area contributed by atoms with Crippen molar-refractivity contribution < 1.29 is 13.5 Å². The molecule has 1 aromatic carbocycles.